The SMILES string of the molecule is Cc1cc(C)cc(N2CCN(S(=O)(=O)c3c(C)cc(C)cc3C)CC2)c1. The van der Waals surface area contributed by atoms with Crippen LogP contribution in [0, 0.1) is 34.6 Å². The molecule has 1 fully saturated rings. The summed E-state index contributed by atoms with van der Waals surface area (Å²) in [5.74, 6) is 0. The molecule has 0 unspecified atom stereocenters. The van der Waals surface area contributed by atoms with Crippen LogP contribution in [0.3, 0.4) is 0 Å². The molecule has 5 heteroatoms. The Morgan fingerprint density at radius 1 is 0.692 bits per heavy atom. The first-order chi connectivity index (χ1) is 12.2. The first-order valence-corrected chi connectivity index (χ1v) is 10.5. The van der Waals surface area contributed by atoms with Crippen molar-refractivity contribution in [1.82, 2.24) is 4.31 Å². The molecule has 1 aliphatic rings. The minimum absolute atomic E-state index is 0.475. The molecule has 0 saturated carbocycles. The van der Waals surface area contributed by atoms with Crippen LogP contribution < -0.4 is 4.90 Å². The lowest BCUT2D eigenvalue weighted by atomic mass is 10.1. The molecule has 0 N–H and O–H groups in total. The van der Waals surface area contributed by atoms with Crippen LogP contribution in [0.5, 0.6) is 0 Å². The zero-order chi connectivity index (χ0) is 19.1. The predicted octanol–water partition coefficient (Wildman–Crippen LogP) is 3.74. The Kier molecular flexibility index (Phi) is 5.13. The van der Waals surface area contributed by atoms with Gasteiger partial charge in [0.1, 0.15) is 0 Å². The zero-order valence-corrected chi connectivity index (χ0v) is 17.2. The van der Waals surface area contributed by atoms with E-state index in [0.717, 1.165) is 16.7 Å². The van der Waals surface area contributed by atoms with E-state index < -0.39 is 10.0 Å². The number of hydrogen-bond acceptors (Lipinski definition) is 3. The van der Waals surface area contributed by atoms with Gasteiger partial charge in [-0.15, -0.1) is 0 Å². The molecular weight excluding hydrogens is 344 g/mol. The van der Waals surface area contributed by atoms with Crippen LogP contribution in [0.2, 0.25) is 0 Å². The fourth-order valence-electron chi connectivity index (χ4n) is 4.02. The maximum Gasteiger partial charge on any atom is 0.243 e. The fourth-order valence-corrected chi connectivity index (χ4v) is 5.86. The Labute approximate surface area is 157 Å². The first kappa shape index (κ1) is 18.9. The van der Waals surface area contributed by atoms with Crippen LogP contribution in [0.1, 0.15) is 27.8 Å². The van der Waals surface area contributed by atoms with Crippen molar-refractivity contribution in [2.75, 3.05) is 31.1 Å². The van der Waals surface area contributed by atoms with Crippen molar-refractivity contribution in [3.05, 3.63) is 58.1 Å². The third kappa shape index (κ3) is 3.64. The summed E-state index contributed by atoms with van der Waals surface area (Å²) in [6, 6.07) is 10.4. The summed E-state index contributed by atoms with van der Waals surface area (Å²) in [5, 5.41) is 0. The Balaban J connectivity index is 1.81. The van der Waals surface area contributed by atoms with Gasteiger partial charge in [0.05, 0.1) is 4.90 Å². The Bertz CT molecular complexity index is 884. The lowest BCUT2D eigenvalue weighted by molar-refractivity contribution is 0.384. The van der Waals surface area contributed by atoms with Crippen molar-refractivity contribution < 1.29 is 8.42 Å². The van der Waals surface area contributed by atoms with Crippen molar-refractivity contribution in [3.63, 3.8) is 0 Å². The largest absolute Gasteiger partial charge is 0.369 e. The molecule has 3 rings (SSSR count). The van der Waals surface area contributed by atoms with Gasteiger partial charge < -0.3 is 4.90 Å². The molecule has 4 nitrogen and oxygen atoms in total. The Morgan fingerprint density at radius 3 is 1.65 bits per heavy atom. The lowest BCUT2D eigenvalue weighted by Crippen LogP contribution is -2.49. The molecule has 1 aliphatic heterocycles. The van der Waals surface area contributed by atoms with Crippen LogP contribution in [-0.4, -0.2) is 38.9 Å². The minimum atomic E-state index is -3.46. The average molecular weight is 373 g/mol. The molecule has 2 aromatic rings. The molecule has 1 saturated heterocycles. The maximum atomic E-state index is 13.2. The summed E-state index contributed by atoms with van der Waals surface area (Å²) in [5.41, 5.74) is 6.42. The van der Waals surface area contributed by atoms with Crippen LogP contribution in [0.25, 0.3) is 0 Å². The number of sulfonamides is 1. The number of aryl methyl sites for hydroxylation is 5. The van der Waals surface area contributed by atoms with Crippen LogP contribution in [-0.2, 0) is 10.0 Å². The van der Waals surface area contributed by atoms with E-state index in [9.17, 15) is 8.42 Å². The number of hydrogen-bond donors (Lipinski definition) is 0. The van der Waals surface area contributed by atoms with Gasteiger partial charge in [-0.25, -0.2) is 8.42 Å². The molecule has 0 aliphatic carbocycles. The summed E-state index contributed by atoms with van der Waals surface area (Å²) in [7, 11) is -3.46. The van der Waals surface area contributed by atoms with E-state index in [4.69, 9.17) is 0 Å². The van der Waals surface area contributed by atoms with Crippen molar-refractivity contribution in [3.8, 4) is 0 Å². The Hall–Kier alpha value is -1.85. The summed E-state index contributed by atoms with van der Waals surface area (Å²) in [6.07, 6.45) is 0. The van der Waals surface area contributed by atoms with E-state index in [2.05, 4.69) is 36.9 Å². The first-order valence-electron chi connectivity index (χ1n) is 9.10. The van der Waals surface area contributed by atoms with E-state index in [1.165, 1.54) is 16.8 Å². The van der Waals surface area contributed by atoms with Crippen molar-refractivity contribution in [2.45, 2.75) is 39.5 Å². The second-order valence-electron chi connectivity index (χ2n) is 7.46. The number of piperazine rings is 1. The molecule has 0 amide bonds. The standard InChI is InChI=1S/C21H28N2O2S/c1-15-10-16(2)14-20(13-15)22-6-8-23(9-7-22)26(24,25)21-18(4)11-17(3)12-19(21)5/h10-14H,6-9H2,1-5H3. The van der Waals surface area contributed by atoms with Crippen molar-refractivity contribution >= 4 is 15.7 Å². The molecular formula is C21H28N2O2S. The smallest absolute Gasteiger partial charge is 0.243 e. The van der Waals surface area contributed by atoms with E-state index in [1.54, 1.807) is 4.31 Å². The highest BCUT2D eigenvalue weighted by molar-refractivity contribution is 7.89. The molecule has 0 bridgehead atoms. The number of benzene rings is 2. The highest BCUT2D eigenvalue weighted by atomic mass is 32.2. The van der Waals surface area contributed by atoms with Gasteiger partial charge in [0.25, 0.3) is 0 Å². The molecule has 0 spiro atoms. The monoisotopic (exact) mass is 372 g/mol. The number of rotatable bonds is 3. The quantitative estimate of drug-likeness (QED) is 0.824. The molecule has 140 valence electrons. The molecule has 0 radical (unpaired) electrons. The summed E-state index contributed by atoms with van der Waals surface area (Å²) < 4.78 is 28.0. The summed E-state index contributed by atoms with van der Waals surface area (Å²) in [6.45, 7) is 12.4. The van der Waals surface area contributed by atoms with Gasteiger partial charge >= 0.3 is 0 Å². The molecule has 0 aromatic heterocycles. The number of anilines is 1. The predicted molar refractivity (Wildman–Crippen MR) is 108 cm³/mol. The van der Waals surface area contributed by atoms with Crippen LogP contribution in [0.4, 0.5) is 5.69 Å². The van der Waals surface area contributed by atoms with Gasteiger partial charge in [0.15, 0.2) is 0 Å². The second-order valence-corrected chi connectivity index (χ2v) is 9.34. The molecule has 26 heavy (non-hydrogen) atoms. The highest BCUT2D eigenvalue weighted by Gasteiger charge is 2.31. The van der Waals surface area contributed by atoms with E-state index in [-0.39, 0.29) is 0 Å². The summed E-state index contributed by atoms with van der Waals surface area (Å²) in [4.78, 5) is 2.75. The zero-order valence-electron chi connectivity index (χ0n) is 16.3. The molecule has 0 atom stereocenters. The lowest BCUT2D eigenvalue weighted by Gasteiger charge is -2.36. The van der Waals surface area contributed by atoms with Gasteiger partial charge in [-0.3, -0.25) is 0 Å². The average Bonchev–Trinajstić information content (AvgIpc) is 2.52. The third-order valence-electron chi connectivity index (χ3n) is 5.01. The van der Waals surface area contributed by atoms with E-state index >= 15 is 0 Å². The van der Waals surface area contributed by atoms with E-state index in [0.29, 0.717) is 31.1 Å². The van der Waals surface area contributed by atoms with Gasteiger partial charge in [-0.1, -0.05) is 23.8 Å². The van der Waals surface area contributed by atoms with Crippen molar-refractivity contribution in [2.24, 2.45) is 0 Å². The topological polar surface area (TPSA) is 40.6 Å². The van der Waals surface area contributed by atoms with Gasteiger partial charge in [-0.2, -0.15) is 4.31 Å². The number of nitrogens with zero attached hydrogens (tertiary/aromatic N) is 2. The van der Waals surface area contributed by atoms with Gasteiger partial charge in [-0.05, 0) is 69.0 Å². The van der Waals surface area contributed by atoms with E-state index in [1.807, 2.05) is 32.9 Å². The van der Waals surface area contributed by atoms with Crippen molar-refractivity contribution in [1.29, 1.82) is 0 Å². The van der Waals surface area contributed by atoms with Crippen LogP contribution in [0.15, 0.2) is 35.2 Å². The normalized spacial score (nSPS) is 16.1. The molecule has 2 aromatic carbocycles. The third-order valence-corrected chi connectivity index (χ3v) is 7.22. The Morgan fingerprint density at radius 2 is 1.15 bits per heavy atom. The summed E-state index contributed by atoms with van der Waals surface area (Å²) >= 11 is 0. The molecule has 1 heterocycles. The minimum Gasteiger partial charge on any atom is -0.369 e. The van der Waals surface area contributed by atoms with Crippen LogP contribution >= 0.6 is 0 Å². The van der Waals surface area contributed by atoms with Gasteiger partial charge in [0.2, 0.25) is 10.0 Å². The highest BCUT2D eigenvalue weighted by Crippen LogP contribution is 2.27. The second kappa shape index (κ2) is 7.05. The van der Waals surface area contributed by atoms with Gasteiger partial charge in [0, 0.05) is 31.9 Å². The maximum absolute atomic E-state index is 13.2. The fraction of sp³-hybridized carbons (Fsp3) is 0.429.